The molecule has 1 aliphatic rings. The summed E-state index contributed by atoms with van der Waals surface area (Å²) in [6, 6.07) is 0. The van der Waals surface area contributed by atoms with Gasteiger partial charge in [0.25, 0.3) is 0 Å². The molecule has 0 bridgehead atoms. The summed E-state index contributed by atoms with van der Waals surface area (Å²) < 4.78 is 0. The van der Waals surface area contributed by atoms with E-state index in [9.17, 15) is 0 Å². The van der Waals surface area contributed by atoms with Crippen molar-refractivity contribution in [3.8, 4) is 0 Å². The fraction of sp³-hybridized carbons (Fsp3) is 0.692. The van der Waals surface area contributed by atoms with Crippen molar-refractivity contribution >= 4 is 0 Å². The second-order valence-corrected chi connectivity index (χ2v) is 4.82. The topological polar surface area (TPSA) is 0 Å². The molecule has 0 aromatic carbocycles. The van der Waals surface area contributed by atoms with Crippen molar-refractivity contribution < 1.29 is 0 Å². The zero-order valence-electron chi connectivity index (χ0n) is 9.43. The normalized spacial score (nSPS) is 31.4. The van der Waals surface area contributed by atoms with Crippen LogP contribution in [0.2, 0.25) is 0 Å². The molecule has 1 unspecified atom stereocenters. The molecule has 0 saturated heterocycles. The van der Waals surface area contributed by atoms with Gasteiger partial charge in [-0.3, -0.25) is 0 Å². The zero-order chi connectivity index (χ0) is 9.90. The zero-order valence-corrected chi connectivity index (χ0v) is 9.43. The summed E-state index contributed by atoms with van der Waals surface area (Å²) in [6.07, 6.45) is 10.7. The first-order chi connectivity index (χ1) is 6.08. The lowest BCUT2D eigenvalue weighted by Crippen LogP contribution is -2.24. The van der Waals surface area contributed by atoms with Gasteiger partial charge >= 0.3 is 0 Å². The van der Waals surface area contributed by atoms with E-state index < -0.39 is 0 Å². The Hall–Kier alpha value is -0.520. The van der Waals surface area contributed by atoms with Crippen LogP contribution in [-0.2, 0) is 0 Å². The molecule has 1 aliphatic carbocycles. The smallest absolute Gasteiger partial charge is 0.0139 e. The van der Waals surface area contributed by atoms with Gasteiger partial charge in [0.2, 0.25) is 0 Å². The average molecular weight is 178 g/mol. The number of hydrogen-bond acceptors (Lipinski definition) is 0. The highest BCUT2D eigenvalue weighted by atomic mass is 14.3. The van der Waals surface area contributed by atoms with Gasteiger partial charge in [-0.2, -0.15) is 0 Å². The first kappa shape index (κ1) is 10.6. The SMILES string of the molecule is C/C=C/C=C1/C(C)CCCC1(C)C. The molecular weight excluding hydrogens is 156 g/mol. The van der Waals surface area contributed by atoms with Crippen LogP contribution in [0.25, 0.3) is 0 Å². The Morgan fingerprint density at radius 2 is 2.08 bits per heavy atom. The summed E-state index contributed by atoms with van der Waals surface area (Å²) in [7, 11) is 0. The predicted molar refractivity (Wildman–Crippen MR) is 59.7 cm³/mol. The molecule has 74 valence electrons. The van der Waals surface area contributed by atoms with Crippen molar-refractivity contribution in [2.24, 2.45) is 11.3 Å². The molecule has 0 spiro atoms. The van der Waals surface area contributed by atoms with E-state index in [1.807, 2.05) is 0 Å². The third-order valence-corrected chi connectivity index (χ3v) is 3.22. The lowest BCUT2D eigenvalue weighted by atomic mass is 9.68. The second kappa shape index (κ2) is 4.13. The van der Waals surface area contributed by atoms with Crippen LogP contribution in [0.4, 0.5) is 0 Å². The molecule has 0 aliphatic heterocycles. The van der Waals surface area contributed by atoms with Crippen LogP contribution in [0.5, 0.6) is 0 Å². The summed E-state index contributed by atoms with van der Waals surface area (Å²) in [4.78, 5) is 0. The predicted octanol–water partition coefficient (Wildman–Crippen LogP) is 4.34. The lowest BCUT2D eigenvalue weighted by molar-refractivity contribution is 0.290. The molecule has 1 saturated carbocycles. The maximum Gasteiger partial charge on any atom is -0.0139 e. The standard InChI is InChI=1S/C13H22/c1-5-6-9-12-11(2)8-7-10-13(12,3)4/h5-6,9,11H,7-8,10H2,1-4H3/b6-5+,12-9-. The van der Waals surface area contributed by atoms with Crippen LogP contribution in [0.1, 0.15) is 47.0 Å². The molecule has 0 radical (unpaired) electrons. The highest BCUT2D eigenvalue weighted by Crippen LogP contribution is 2.43. The maximum absolute atomic E-state index is 2.37. The Bertz CT molecular complexity index is 218. The van der Waals surface area contributed by atoms with E-state index in [0.29, 0.717) is 5.41 Å². The van der Waals surface area contributed by atoms with Gasteiger partial charge in [-0.05, 0) is 31.1 Å². The fourth-order valence-corrected chi connectivity index (χ4v) is 2.41. The van der Waals surface area contributed by atoms with Crippen molar-refractivity contribution in [2.75, 3.05) is 0 Å². The summed E-state index contributed by atoms with van der Waals surface area (Å²) >= 11 is 0. The van der Waals surface area contributed by atoms with Crippen LogP contribution in [-0.4, -0.2) is 0 Å². The first-order valence-electron chi connectivity index (χ1n) is 5.41. The minimum absolute atomic E-state index is 0.428. The molecular formula is C13H22. The molecule has 0 heteroatoms. The fourth-order valence-electron chi connectivity index (χ4n) is 2.41. The quantitative estimate of drug-likeness (QED) is 0.560. The van der Waals surface area contributed by atoms with Crippen LogP contribution < -0.4 is 0 Å². The summed E-state index contributed by atoms with van der Waals surface area (Å²) in [5.41, 5.74) is 2.06. The molecule has 1 atom stereocenters. The highest BCUT2D eigenvalue weighted by Gasteiger charge is 2.30. The van der Waals surface area contributed by atoms with Crippen LogP contribution in [0.3, 0.4) is 0 Å². The van der Waals surface area contributed by atoms with E-state index in [0.717, 1.165) is 5.92 Å². The van der Waals surface area contributed by atoms with E-state index in [1.54, 1.807) is 5.57 Å². The molecule has 0 heterocycles. The maximum atomic E-state index is 2.37. The van der Waals surface area contributed by atoms with E-state index in [2.05, 4.69) is 45.9 Å². The second-order valence-electron chi connectivity index (χ2n) is 4.82. The van der Waals surface area contributed by atoms with Crippen molar-refractivity contribution in [1.29, 1.82) is 0 Å². The molecule has 0 N–H and O–H groups in total. The third kappa shape index (κ3) is 2.46. The Labute approximate surface area is 82.7 Å². The van der Waals surface area contributed by atoms with Crippen LogP contribution >= 0.6 is 0 Å². The van der Waals surface area contributed by atoms with Gasteiger partial charge in [-0.15, -0.1) is 0 Å². The summed E-state index contributed by atoms with van der Waals surface area (Å²) in [5.74, 6) is 0.778. The Kier molecular flexibility index (Phi) is 3.35. The van der Waals surface area contributed by atoms with Gasteiger partial charge in [0.15, 0.2) is 0 Å². The molecule has 0 aromatic heterocycles. The molecule has 0 amide bonds. The van der Waals surface area contributed by atoms with Crippen LogP contribution in [0, 0.1) is 11.3 Å². The van der Waals surface area contributed by atoms with Gasteiger partial charge in [-0.1, -0.05) is 51.0 Å². The van der Waals surface area contributed by atoms with Crippen molar-refractivity contribution in [2.45, 2.75) is 47.0 Å². The monoisotopic (exact) mass is 178 g/mol. The van der Waals surface area contributed by atoms with Gasteiger partial charge < -0.3 is 0 Å². The molecule has 0 nitrogen and oxygen atoms in total. The Morgan fingerprint density at radius 1 is 1.38 bits per heavy atom. The lowest BCUT2D eigenvalue weighted by Gasteiger charge is -2.37. The van der Waals surface area contributed by atoms with E-state index in [1.165, 1.54) is 19.3 Å². The number of hydrogen-bond donors (Lipinski definition) is 0. The summed E-state index contributed by atoms with van der Waals surface area (Å²) in [6.45, 7) is 9.18. The highest BCUT2D eigenvalue weighted by molar-refractivity contribution is 5.22. The van der Waals surface area contributed by atoms with Gasteiger partial charge in [0, 0.05) is 0 Å². The average Bonchev–Trinajstić information content (AvgIpc) is 2.02. The Morgan fingerprint density at radius 3 is 2.62 bits per heavy atom. The van der Waals surface area contributed by atoms with Gasteiger partial charge in [-0.25, -0.2) is 0 Å². The number of rotatable bonds is 1. The molecule has 13 heavy (non-hydrogen) atoms. The number of allylic oxidation sites excluding steroid dienone is 4. The van der Waals surface area contributed by atoms with Gasteiger partial charge in [0.1, 0.15) is 0 Å². The molecule has 0 aromatic rings. The van der Waals surface area contributed by atoms with Crippen molar-refractivity contribution in [3.63, 3.8) is 0 Å². The van der Waals surface area contributed by atoms with E-state index in [-0.39, 0.29) is 0 Å². The van der Waals surface area contributed by atoms with Gasteiger partial charge in [0.05, 0.1) is 0 Å². The van der Waals surface area contributed by atoms with Crippen molar-refractivity contribution in [1.82, 2.24) is 0 Å². The van der Waals surface area contributed by atoms with E-state index >= 15 is 0 Å². The van der Waals surface area contributed by atoms with E-state index in [4.69, 9.17) is 0 Å². The first-order valence-corrected chi connectivity index (χ1v) is 5.41. The van der Waals surface area contributed by atoms with Crippen LogP contribution in [0.15, 0.2) is 23.8 Å². The minimum Gasteiger partial charge on any atom is -0.0877 e. The molecule has 1 rings (SSSR count). The largest absolute Gasteiger partial charge is 0.0877 e. The Balaban J connectivity index is 2.86. The minimum atomic E-state index is 0.428. The molecule has 1 fully saturated rings. The summed E-state index contributed by atoms with van der Waals surface area (Å²) in [5, 5.41) is 0. The third-order valence-electron chi connectivity index (χ3n) is 3.22. The van der Waals surface area contributed by atoms with Crippen molar-refractivity contribution in [3.05, 3.63) is 23.8 Å².